The van der Waals surface area contributed by atoms with E-state index in [1.807, 2.05) is 0 Å². The van der Waals surface area contributed by atoms with Crippen LogP contribution in [0.25, 0.3) is 0 Å². The van der Waals surface area contributed by atoms with E-state index in [1.54, 1.807) is 0 Å². The Kier molecular flexibility index (Phi) is 7.33. The van der Waals surface area contributed by atoms with Crippen molar-refractivity contribution in [2.75, 3.05) is 13.2 Å². The second-order valence-corrected chi connectivity index (χ2v) is 12.1. The number of aliphatic carboxylic acids is 1. The quantitative estimate of drug-likeness (QED) is 0.456. The van der Waals surface area contributed by atoms with Gasteiger partial charge in [0.25, 0.3) is 0 Å². The van der Waals surface area contributed by atoms with Gasteiger partial charge in [-0.05, 0) is 118 Å². The molecule has 4 saturated carbocycles. The Morgan fingerprint density at radius 1 is 1.00 bits per heavy atom. The number of fused-ring (bicyclic) bond motifs is 5. The Morgan fingerprint density at radius 3 is 2.44 bits per heavy atom. The number of carbonyl (C=O) groups is 1. The van der Waals surface area contributed by atoms with Crippen LogP contribution in [0.15, 0.2) is 0 Å². The van der Waals surface area contributed by atoms with Crippen LogP contribution in [0.1, 0.15) is 98.8 Å². The summed E-state index contributed by atoms with van der Waals surface area (Å²) >= 11 is 0. The number of hydrogen-bond donors (Lipinski definition) is 1. The molecule has 0 saturated heterocycles. The van der Waals surface area contributed by atoms with Crippen LogP contribution in [0.4, 0.5) is 0 Å². The molecule has 10 atom stereocenters. The first-order valence-corrected chi connectivity index (χ1v) is 13.7. The summed E-state index contributed by atoms with van der Waals surface area (Å²) in [6.07, 6.45) is 12.2. The van der Waals surface area contributed by atoms with Crippen LogP contribution >= 0.6 is 0 Å². The normalized spacial score (nSPS) is 46.7. The largest absolute Gasteiger partial charge is 0.481 e. The van der Waals surface area contributed by atoms with E-state index >= 15 is 0 Å². The van der Waals surface area contributed by atoms with E-state index in [1.165, 1.54) is 51.4 Å². The fraction of sp³-hybridized carbons (Fsp3) is 0.964. The summed E-state index contributed by atoms with van der Waals surface area (Å²) in [5.41, 5.74) is 0.626. The number of ether oxygens (including phenoxy) is 2. The maximum absolute atomic E-state index is 11.2. The summed E-state index contributed by atoms with van der Waals surface area (Å²) in [7, 11) is 0. The second-order valence-electron chi connectivity index (χ2n) is 12.1. The van der Waals surface area contributed by atoms with Crippen LogP contribution in [0.3, 0.4) is 0 Å². The minimum Gasteiger partial charge on any atom is -0.481 e. The summed E-state index contributed by atoms with van der Waals surface area (Å²) in [6, 6.07) is 0. The van der Waals surface area contributed by atoms with E-state index in [2.05, 4.69) is 34.6 Å². The minimum absolute atomic E-state index is 0.195. The van der Waals surface area contributed by atoms with Gasteiger partial charge in [-0.25, -0.2) is 0 Å². The molecule has 0 aromatic carbocycles. The first kappa shape index (κ1) is 24.5. The van der Waals surface area contributed by atoms with Crippen molar-refractivity contribution in [2.45, 2.75) is 111 Å². The van der Waals surface area contributed by atoms with Crippen molar-refractivity contribution < 1.29 is 19.4 Å². The van der Waals surface area contributed by atoms with Gasteiger partial charge in [0.2, 0.25) is 0 Å². The predicted molar refractivity (Wildman–Crippen MR) is 127 cm³/mol. The molecule has 0 heterocycles. The summed E-state index contributed by atoms with van der Waals surface area (Å²) in [5, 5.41) is 9.25. The Hall–Kier alpha value is -0.610. The molecule has 0 amide bonds. The molecule has 4 aliphatic rings. The maximum Gasteiger partial charge on any atom is 0.303 e. The third kappa shape index (κ3) is 4.06. The number of carboxylic acid groups (broad SMARTS) is 1. The molecule has 4 nitrogen and oxygen atoms in total. The summed E-state index contributed by atoms with van der Waals surface area (Å²) in [5.74, 6) is 3.50. The number of rotatable bonds is 8. The van der Waals surface area contributed by atoms with Crippen molar-refractivity contribution in [2.24, 2.45) is 46.3 Å². The molecule has 4 heteroatoms. The highest BCUT2D eigenvalue weighted by molar-refractivity contribution is 5.66. The van der Waals surface area contributed by atoms with Crippen molar-refractivity contribution in [3.63, 3.8) is 0 Å². The molecular weight excluding hydrogens is 400 g/mol. The number of hydrogen-bond acceptors (Lipinski definition) is 3. The second kappa shape index (κ2) is 9.56. The monoisotopic (exact) mass is 448 g/mol. The van der Waals surface area contributed by atoms with Gasteiger partial charge in [-0.1, -0.05) is 20.8 Å². The van der Waals surface area contributed by atoms with Crippen molar-refractivity contribution in [3.05, 3.63) is 0 Å². The highest BCUT2D eigenvalue weighted by Gasteiger charge is 2.64. The lowest BCUT2D eigenvalue weighted by Crippen LogP contribution is -2.59. The van der Waals surface area contributed by atoms with E-state index in [0.29, 0.717) is 35.9 Å². The summed E-state index contributed by atoms with van der Waals surface area (Å²) in [6.45, 7) is 13.4. The molecule has 0 radical (unpaired) electrons. The SMILES string of the molecule is CCO[C@@H]1CC[C@@]2(C)[C@H](CC[C@@H]3[C@@H]2C[C@H](OCC)[C@]2(C)[C@@H]([C@H](C)CCC(=O)O)CC[C@@H]32)C1. The Labute approximate surface area is 196 Å². The van der Waals surface area contributed by atoms with E-state index < -0.39 is 5.97 Å². The third-order valence-corrected chi connectivity index (χ3v) is 11.0. The highest BCUT2D eigenvalue weighted by Crippen LogP contribution is 2.69. The number of carboxylic acids is 1. The van der Waals surface area contributed by atoms with E-state index in [9.17, 15) is 9.90 Å². The van der Waals surface area contributed by atoms with Gasteiger partial charge in [0, 0.05) is 19.6 Å². The summed E-state index contributed by atoms with van der Waals surface area (Å²) in [4.78, 5) is 11.2. The van der Waals surface area contributed by atoms with Gasteiger partial charge >= 0.3 is 5.97 Å². The van der Waals surface area contributed by atoms with Crippen molar-refractivity contribution in [3.8, 4) is 0 Å². The van der Waals surface area contributed by atoms with E-state index in [0.717, 1.165) is 43.3 Å². The Morgan fingerprint density at radius 2 is 1.75 bits per heavy atom. The van der Waals surface area contributed by atoms with Gasteiger partial charge in [0.05, 0.1) is 12.2 Å². The molecule has 0 bridgehead atoms. The lowest BCUT2D eigenvalue weighted by Gasteiger charge is -2.63. The van der Waals surface area contributed by atoms with Crippen molar-refractivity contribution in [1.82, 2.24) is 0 Å². The van der Waals surface area contributed by atoms with Gasteiger partial charge in [0.15, 0.2) is 0 Å². The maximum atomic E-state index is 11.2. The van der Waals surface area contributed by atoms with Crippen LogP contribution in [0.2, 0.25) is 0 Å². The van der Waals surface area contributed by atoms with Crippen LogP contribution < -0.4 is 0 Å². The predicted octanol–water partition coefficient (Wildman–Crippen LogP) is 6.57. The Balaban J connectivity index is 1.58. The van der Waals surface area contributed by atoms with Gasteiger partial charge < -0.3 is 14.6 Å². The van der Waals surface area contributed by atoms with Gasteiger partial charge in [-0.2, -0.15) is 0 Å². The smallest absolute Gasteiger partial charge is 0.303 e. The zero-order valence-corrected chi connectivity index (χ0v) is 21.3. The average molecular weight is 449 g/mol. The lowest BCUT2D eigenvalue weighted by molar-refractivity contribution is -0.191. The topological polar surface area (TPSA) is 55.8 Å². The molecule has 1 N–H and O–H groups in total. The van der Waals surface area contributed by atoms with Gasteiger partial charge in [0.1, 0.15) is 0 Å². The zero-order chi connectivity index (χ0) is 23.1. The van der Waals surface area contributed by atoms with Crippen LogP contribution in [-0.4, -0.2) is 36.5 Å². The molecule has 0 aromatic heterocycles. The van der Waals surface area contributed by atoms with Crippen LogP contribution in [0, 0.1) is 46.3 Å². The molecule has 32 heavy (non-hydrogen) atoms. The van der Waals surface area contributed by atoms with Crippen molar-refractivity contribution >= 4 is 5.97 Å². The highest BCUT2D eigenvalue weighted by atomic mass is 16.5. The molecule has 184 valence electrons. The standard InChI is InChI=1S/C28H48O4/c1-6-31-20-14-15-27(4)19(16-20)9-10-21-23-12-11-22(18(3)8-13-26(29)30)28(23,5)25(32-7-2)17-24(21)27/h18-25H,6-17H2,1-5H3,(H,29,30)/t18-,19-,20-,21+,22-,23+,24+,25+,27+,28-/m1/s1. The first-order valence-electron chi connectivity index (χ1n) is 13.7. The van der Waals surface area contributed by atoms with Gasteiger partial charge in [-0.3, -0.25) is 4.79 Å². The molecule has 0 aliphatic heterocycles. The first-order chi connectivity index (χ1) is 15.3. The summed E-state index contributed by atoms with van der Waals surface area (Å²) < 4.78 is 12.7. The molecule has 4 aliphatic carbocycles. The average Bonchev–Trinajstić information content (AvgIpc) is 3.11. The fourth-order valence-corrected chi connectivity index (χ4v) is 9.51. The molecule has 4 fully saturated rings. The molecular formula is C28H48O4. The molecule has 0 unspecified atom stereocenters. The Bertz CT molecular complexity index is 664. The fourth-order valence-electron chi connectivity index (χ4n) is 9.51. The van der Waals surface area contributed by atoms with Crippen LogP contribution in [-0.2, 0) is 14.3 Å². The van der Waals surface area contributed by atoms with Gasteiger partial charge in [-0.15, -0.1) is 0 Å². The molecule has 4 rings (SSSR count). The van der Waals surface area contributed by atoms with E-state index in [4.69, 9.17) is 9.47 Å². The minimum atomic E-state index is -0.657. The zero-order valence-electron chi connectivity index (χ0n) is 21.3. The van der Waals surface area contributed by atoms with E-state index in [-0.39, 0.29) is 5.41 Å². The lowest BCUT2D eigenvalue weighted by atomic mass is 9.43. The third-order valence-electron chi connectivity index (χ3n) is 11.0. The van der Waals surface area contributed by atoms with Crippen LogP contribution in [0.5, 0.6) is 0 Å². The van der Waals surface area contributed by atoms with Crippen molar-refractivity contribution in [1.29, 1.82) is 0 Å². The molecule has 0 spiro atoms. The molecule has 0 aromatic rings.